The van der Waals surface area contributed by atoms with Crippen molar-refractivity contribution in [2.75, 3.05) is 5.32 Å². The normalized spacial score (nSPS) is 20.9. The highest BCUT2D eigenvalue weighted by molar-refractivity contribution is 6.03. The van der Waals surface area contributed by atoms with Gasteiger partial charge in [0, 0.05) is 5.69 Å². The molecule has 2 aliphatic rings. The van der Waals surface area contributed by atoms with Crippen molar-refractivity contribution in [1.82, 2.24) is 5.32 Å². The van der Waals surface area contributed by atoms with Gasteiger partial charge in [-0.2, -0.15) is 4.99 Å². The lowest BCUT2D eigenvalue weighted by molar-refractivity contribution is 0.274. The zero-order chi connectivity index (χ0) is 14.0. The molecule has 0 unspecified atom stereocenters. The van der Waals surface area contributed by atoms with Gasteiger partial charge >= 0.3 is 0 Å². The summed E-state index contributed by atoms with van der Waals surface area (Å²) in [5.41, 5.74) is 7.87. The van der Waals surface area contributed by atoms with Crippen LogP contribution in [-0.4, -0.2) is 17.6 Å². The number of guanidine groups is 2. The molecule has 1 aliphatic heterocycles. The summed E-state index contributed by atoms with van der Waals surface area (Å²) >= 11 is 0. The predicted molar refractivity (Wildman–Crippen MR) is 82.8 cm³/mol. The minimum Gasteiger partial charge on any atom is -0.368 e. The van der Waals surface area contributed by atoms with E-state index in [0.717, 1.165) is 18.5 Å². The predicted octanol–water partition coefficient (Wildman–Crippen LogP) is 2.34. The second kappa shape index (κ2) is 5.15. The van der Waals surface area contributed by atoms with Crippen LogP contribution in [0, 0.1) is 6.92 Å². The lowest BCUT2D eigenvalue weighted by atomic mass is 9.89. The van der Waals surface area contributed by atoms with Gasteiger partial charge in [-0.15, -0.1) is 0 Å². The number of nitrogens with two attached hydrogens (primary N) is 1. The topological polar surface area (TPSA) is 74.8 Å². The minimum absolute atomic E-state index is 0.255. The summed E-state index contributed by atoms with van der Waals surface area (Å²) in [5, 5.41) is 6.78. The highest BCUT2D eigenvalue weighted by Crippen LogP contribution is 2.30. The van der Waals surface area contributed by atoms with Crippen LogP contribution < -0.4 is 16.4 Å². The molecule has 5 nitrogen and oxygen atoms in total. The molecule has 0 bridgehead atoms. The summed E-state index contributed by atoms with van der Waals surface area (Å²) in [4.78, 5) is 8.83. The van der Waals surface area contributed by atoms with Gasteiger partial charge < -0.3 is 16.4 Å². The number of anilines is 1. The summed E-state index contributed by atoms with van der Waals surface area (Å²) in [6.45, 7) is 2.07. The summed E-state index contributed by atoms with van der Waals surface area (Å²) in [5.74, 6) is 1.07. The zero-order valence-electron chi connectivity index (χ0n) is 11.8. The van der Waals surface area contributed by atoms with E-state index in [-0.39, 0.29) is 5.66 Å². The largest absolute Gasteiger partial charge is 0.368 e. The van der Waals surface area contributed by atoms with Gasteiger partial charge in [0.2, 0.25) is 11.9 Å². The molecule has 5 heteroatoms. The molecule has 0 saturated heterocycles. The monoisotopic (exact) mass is 271 g/mol. The smallest absolute Gasteiger partial charge is 0.220 e. The second-order valence-electron chi connectivity index (χ2n) is 5.59. The maximum atomic E-state index is 5.90. The van der Waals surface area contributed by atoms with Gasteiger partial charge in [0.1, 0.15) is 5.66 Å². The number of rotatable bonds is 1. The van der Waals surface area contributed by atoms with Crippen LogP contribution in [0.3, 0.4) is 0 Å². The van der Waals surface area contributed by atoms with Gasteiger partial charge in [0.05, 0.1) is 0 Å². The highest BCUT2D eigenvalue weighted by atomic mass is 15.3. The lowest BCUT2D eigenvalue weighted by Crippen LogP contribution is -2.54. The van der Waals surface area contributed by atoms with Crippen LogP contribution in [0.25, 0.3) is 0 Å². The van der Waals surface area contributed by atoms with E-state index in [4.69, 9.17) is 5.73 Å². The Labute approximate surface area is 119 Å². The average Bonchev–Trinajstić information content (AvgIpc) is 2.41. The van der Waals surface area contributed by atoms with E-state index in [9.17, 15) is 0 Å². The molecule has 1 saturated carbocycles. The van der Waals surface area contributed by atoms with Gasteiger partial charge in [-0.05, 0) is 44.2 Å². The van der Waals surface area contributed by atoms with Gasteiger partial charge in [-0.1, -0.05) is 24.6 Å². The third-order valence-corrected chi connectivity index (χ3v) is 3.98. The Morgan fingerprint density at radius 1 is 1.20 bits per heavy atom. The van der Waals surface area contributed by atoms with Crippen molar-refractivity contribution in [3.05, 3.63) is 29.8 Å². The molecule has 1 fully saturated rings. The molecular formula is C15H21N5. The van der Waals surface area contributed by atoms with Gasteiger partial charge in [-0.3, -0.25) is 0 Å². The Morgan fingerprint density at radius 2 is 1.95 bits per heavy atom. The Bertz CT molecular complexity index is 555. The Balaban J connectivity index is 1.81. The first-order chi connectivity index (χ1) is 9.67. The summed E-state index contributed by atoms with van der Waals surface area (Å²) in [6, 6.07) is 8.14. The molecule has 0 amide bonds. The van der Waals surface area contributed by atoms with Crippen molar-refractivity contribution in [3.8, 4) is 0 Å². The van der Waals surface area contributed by atoms with Crippen molar-refractivity contribution in [2.24, 2.45) is 15.7 Å². The fraction of sp³-hybridized carbons (Fsp3) is 0.467. The first kappa shape index (κ1) is 13.0. The van der Waals surface area contributed by atoms with Crippen molar-refractivity contribution in [1.29, 1.82) is 0 Å². The van der Waals surface area contributed by atoms with E-state index in [2.05, 4.69) is 33.6 Å². The number of aryl methyl sites for hydroxylation is 1. The van der Waals surface area contributed by atoms with E-state index in [1.807, 2.05) is 18.2 Å². The number of benzene rings is 1. The Hall–Kier alpha value is -2.04. The summed E-state index contributed by atoms with van der Waals surface area (Å²) in [6.07, 6.45) is 5.67. The number of nitrogens with zero attached hydrogens (tertiary/aromatic N) is 2. The summed E-state index contributed by atoms with van der Waals surface area (Å²) in [7, 11) is 0. The van der Waals surface area contributed by atoms with Crippen LogP contribution in [0.2, 0.25) is 0 Å². The fourth-order valence-corrected chi connectivity index (χ4v) is 2.91. The lowest BCUT2D eigenvalue weighted by Gasteiger charge is -2.37. The zero-order valence-corrected chi connectivity index (χ0v) is 11.8. The molecule has 4 N–H and O–H groups in total. The van der Waals surface area contributed by atoms with Gasteiger partial charge in [0.25, 0.3) is 0 Å². The Morgan fingerprint density at radius 3 is 2.70 bits per heavy atom. The SMILES string of the molecule is Cc1ccccc1NC1=NC(N)=NC2(CCCCC2)N1. The van der Waals surface area contributed by atoms with Crippen LogP contribution in [0.1, 0.15) is 37.7 Å². The molecule has 1 heterocycles. The van der Waals surface area contributed by atoms with E-state index >= 15 is 0 Å². The fourth-order valence-electron chi connectivity index (χ4n) is 2.91. The molecule has 1 aromatic carbocycles. The second-order valence-corrected chi connectivity index (χ2v) is 5.59. The first-order valence-electron chi connectivity index (χ1n) is 7.22. The van der Waals surface area contributed by atoms with Crippen LogP contribution in [0.4, 0.5) is 5.69 Å². The van der Waals surface area contributed by atoms with Crippen LogP contribution in [0.15, 0.2) is 34.3 Å². The number of aliphatic imine (C=N–C) groups is 2. The molecule has 0 atom stereocenters. The van der Waals surface area contributed by atoms with Crippen LogP contribution >= 0.6 is 0 Å². The molecule has 3 rings (SSSR count). The number of hydrogen-bond acceptors (Lipinski definition) is 5. The molecule has 1 aromatic rings. The molecular weight excluding hydrogens is 250 g/mol. The van der Waals surface area contributed by atoms with E-state index in [1.54, 1.807) is 0 Å². The minimum atomic E-state index is -0.255. The van der Waals surface area contributed by atoms with Crippen molar-refractivity contribution in [2.45, 2.75) is 44.7 Å². The van der Waals surface area contributed by atoms with Crippen LogP contribution in [0.5, 0.6) is 0 Å². The third kappa shape index (κ3) is 2.61. The molecule has 0 aromatic heterocycles. The molecule has 106 valence electrons. The van der Waals surface area contributed by atoms with Gasteiger partial charge in [-0.25, -0.2) is 4.99 Å². The van der Waals surface area contributed by atoms with E-state index < -0.39 is 0 Å². The Kier molecular flexibility index (Phi) is 3.34. The maximum absolute atomic E-state index is 5.90. The number of hydrogen-bond donors (Lipinski definition) is 3. The van der Waals surface area contributed by atoms with Crippen molar-refractivity contribution < 1.29 is 0 Å². The van der Waals surface area contributed by atoms with E-state index in [1.165, 1.54) is 24.8 Å². The summed E-state index contributed by atoms with van der Waals surface area (Å²) < 4.78 is 0. The number of nitrogens with one attached hydrogen (secondary N) is 2. The molecule has 20 heavy (non-hydrogen) atoms. The van der Waals surface area contributed by atoms with Crippen molar-refractivity contribution >= 4 is 17.6 Å². The highest BCUT2D eigenvalue weighted by Gasteiger charge is 2.35. The van der Waals surface area contributed by atoms with Crippen LogP contribution in [-0.2, 0) is 0 Å². The maximum Gasteiger partial charge on any atom is 0.220 e. The average molecular weight is 271 g/mol. The van der Waals surface area contributed by atoms with Gasteiger partial charge in [0.15, 0.2) is 0 Å². The molecule has 0 radical (unpaired) electrons. The number of para-hydroxylation sites is 1. The third-order valence-electron chi connectivity index (χ3n) is 3.98. The quantitative estimate of drug-likeness (QED) is 0.734. The first-order valence-corrected chi connectivity index (χ1v) is 7.22. The van der Waals surface area contributed by atoms with E-state index in [0.29, 0.717) is 11.9 Å². The molecule has 1 spiro atoms. The standard InChI is InChI=1S/C15H21N5/c1-11-7-3-4-8-12(11)17-14-18-13(16)19-15(20-14)9-5-2-6-10-15/h3-4,7-8H,2,5-6,9-10H2,1H3,(H4,16,17,18,19,20). The van der Waals surface area contributed by atoms with Crippen molar-refractivity contribution in [3.63, 3.8) is 0 Å². The molecule has 1 aliphatic carbocycles.